The van der Waals surface area contributed by atoms with E-state index >= 15 is 0 Å². The third kappa shape index (κ3) is 3.09. The average molecular weight is 166 g/mol. The molecule has 0 aromatic carbocycles. The first-order chi connectivity index (χ1) is 5.83. The fourth-order valence-corrected chi connectivity index (χ4v) is 1.30. The van der Waals surface area contributed by atoms with Crippen LogP contribution in [0.15, 0.2) is 18.3 Å². The van der Waals surface area contributed by atoms with E-state index in [-0.39, 0.29) is 0 Å². The Morgan fingerprint density at radius 2 is 2.42 bits per heavy atom. The molecule has 12 heavy (non-hydrogen) atoms. The van der Waals surface area contributed by atoms with Gasteiger partial charge in [-0.1, -0.05) is 13.3 Å². The Hall–Kier alpha value is -0.760. The lowest BCUT2D eigenvalue weighted by Gasteiger charge is -2.11. The van der Waals surface area contributed by atoms with Crippen molar-refractivity contribution in [1.82, 2.24) is 10.3 Å². The lowest BCUT2D eigenvalue weighted by Crippen LogP contribution is -2.25. The lowest BCUT2D eigenvalue weighted by molar-refractivity contribution is 0.505. The van der Waals surface area contributed by atoms with Gasteiger partial charge in [-0.15, -0.1) is 0 Å². The van der Waals surface area contributed by atoms with Crippen LogP contribution in [0.1, 0.15) is 32.4 Å². The number of aromatic amines is 1. The number of hydrogen-bond donors (Lipinski definition) is 2. The van der Waals surface area contributed by atoms with Crippen molar-refractivity contribution in [3.05, 3.63) is 24.0 Å². The van der Waals surface area contributed by atoms with E-state index < -0.39 is 0 Å². The van der Waals surface area contributed by atoms with Crippen LogP contribution in [0.5, 0.6) is 0 Å². The van der Waals surface area contributed by atoms with Crippen molar-refractivity contribution in [2.75, 3.05) is 0 Å². The average Bonchev–Trinajstić information content (AvgIpc) is 2.53. The summed E-state index contributed by atoms with van der Waals surface area (Å²) in [6.07, 6.45) is 4.46. The second-order valence-electron chi connectivity index (χ2n) is 3.27. The van der Waals surface area contributed by atoms with E-state index in [0.717, 1.165) is 6.54 Å². The Bertz CT molecular complexity index is 192. The maximum Gasteiger partial charge on any atom is 0.0359 e. The highest BCUT2D eigenvalue weighted by atomic mass is 14.9. The molecule has 0 aliphatic rings. The van der Waals surface area contributed by atoms with Crippen LogP contribution in [0.3, 0.4) is 0 Å². The molecule has 2 nitrogen and oxygen atoms in total. The first-order valence-electron chi connectivity index (χ1n) is 4.68. The quantitative estimate of drug-likeness (QED) is 0.690. The van der Waals surface area contributed by atoms with E-state index in [1.165, 1.54) is 18.5 Å². The van der Waals surface area contributed by atoms with Crippen LogP contribution in [0.4, 0.5) is 0 Å². The zero-order valence-electron chi connectivity index (χ0n) is 7.93. The van der Waals surface area contributed by atoms with Gasteiger partial charge in [0.25, 0.3) is 0 Å². The molecule has 0 saturated carbocycles. The monoisotopic (exact) mass is 166 g/mol. The van der Waals surface area contributed by atoms with Gasteiger partial charge in [0.2, 0.25) is 0 Å². The number of rotatable bonds is 5. The van der Waals surface area contributed by atoms with E-state index in [1.54, 1.807) is 0 Å². The number of aromatic nitrogens is 1. The summed E-state index contributed by atoms with van der Waals surface area (Å²) in [5.74, 6) is 0. The summed E-state index contributed by atoms with van der Waals surface area (Å²) in [6, 6.07) is 4.76. The number of H-pyrrole nitrogens is 1. The van der Waals surface area contributed by atoms with Crippen molar-refractivity contribution < 1.29 is 0 Å². The molecule has 1 aromatic rings. The molecule has 1 aromatic heterocycles. The van der Waals surface area contributed by atoms with Crippen LogP contribution in [0.2, 0.25) is 0 Å². The van der Waals surface area contributed by atoms with Gasteiger partial charge < -0.3 is 10.3 Å². The first kappa shape index (κ1) is 9.33. The molecule has 0 aliphatic carbocycles. The van der Waals surface area contributed by atoms with Crippen LogP contribution >= 0.6 is 0 Å². The third-order valence-electron chi connectivity index (χ3n) is 2.03. The largest absolute Gasteiger partial charge is 0.364 e. The fourth-order valence-electron chi connectivity index (χ4n) is 1.30. The summed E-state index contributed by atoms with van der Waals surface area (Å²) in [5, 5.41) is 3.45. The normalized spacial score (nSPS) is 13.2. The van der Waals surface area contributed by atoms with Crippen molar-refractivity contribution in [3.63, 3.8) is 0 Å². The molecule has 68 valence electrons. The fraction of sp³-hybridized carbons (Fsp3) is 0.600. The van der Waals surface area contributed by atoms with Gasteiger partial charge in [-0.3, -0.25) is 0 Å². The smallest absolute Gasteiger partial charge is 0.0359 e. The minimum Gasteiger partial charge on any atom is -0.364 e. The summed E-state index contributed by atoms with van der Waals surface area (Å²) in [6.45, 7) is 5.40. The van der Waals surface area contributed by atoms with Crippen LogP contribution in [-0.2, 0) is 6.54 Å². The molecule has 1 unspecified atom stereocenters. The Kier molecular flexibility index (Phi) is 3.88. The molecule has 1 atom stereocenters. The van der Waals surface area contributed by atoms with Crippen molar-refractivity contribution in [1.29, 1.82) is 0 Å². The molecule has 0 spiro atoms. The Balaban J connectivity index is 2.17. The second kappa shape index (κ2) is 4.99. The highest BCUT2D eigenvalue weighted by molar-refractivity contribution is 5.02. The highest BCUT2D eigenvalue weighted by Crippen LogP contribution is 1.98. The standard InChI is InChI=1S/C10H18N2/c1-3-5-9(2)12-8-10-6-4-7-11-10/h4,6-7,9,11-12H,3,5,8H2,1-2H3. The summed E-state index contributed by atoms with van der Waals surface area (Å²) < 4.78 is 0. The molecular formula is C10H18N2. The SMILES string of the molecule is CCCC(C)NCc1ccc[nH]1. The molecule has 0 fully saturated rings. The van der Waals surface area contributed by atoms with E-state index in [1.807, 2.05) is 12.3 Å². The van der Waals surface area contributed by atoms with Gasteiger partial charge in [0, 0.05) is 24.5 Å². The molecule has 0 amide bonds. The molecule has 2 heteroatoms. The molecule has 1 rings (SSSR count). The van der Waals surface area contributed by atoms with Gasteiger partial charge in [-0.2, -0.15) is 0 Å². The summed E-state index contributed by atoms with van der Waals surface area (Å²) in [4.78, 5) is 3.17. The van der Waals surface area contributed by atoms with Crippen molar-refractivity contribution in [3.8, 4) is 0 Å². The van der Waals surface area contributed by atoms with Crippen LogP contribution in [0.25, 0.3) is 0 Å². The molecule has 1 heterocycles. The maximum atomic E-state index is 3.45. The van der Waals surface area contributed by atoms with Gasteiger partial charge in [0.1, 0.15) is 0 Å². The topological polar surface area (TPSA) is 27.8 Å². The van der Waals surface area contributed by atoms with Crippen molar-refractivity contribution in [2.24, 2.45) is 0 Å². The van der Waals surface area contributed by atoms with Gasteiger partial charge in [-0.25, -0.2) is 0 Å². The third-order valence-corrected chi connectivity index (χ3v) is 2.03. The first-order valence-corrected chi connectivity index (χ1v) is 4.68. The maximum absolute atomic E-state index is 3.45. The Labute approximate surface area is 74.4 Å². The summed E-state index contributed by atoms with van der Waals surface area (Å²) in [5.41, 5.74) is 1.26. The van der Waals surface area contributed by atoms with E-state index in [2.05, 4.69) is 30.2 Å². The number of hydrogen-bond acceptors (Lipinski definition) is 1. The summed E-state index contributed by atoms with van der Waals surface area (Å²) >= 11 is 0. The van der Waals surface area contributed by atoms with Crippen molar-refractivity contribution >= 4 is 0 Å². The van der Waals surface area contributed by atoms with Crippen LogP contribution in [0, 0.1) is 0 Å². The lowest BCUT2D eigenvalue weighted by atomic mass is 10.2. The van der Waals surface area contributed by atoms with Crippen LogP contribution < -0.4 is 5.32 Å². The van der Waals surface area contributed by atoms with E-state index in [9.17, 15) is 0 Å². The minimum atomic E-state index is 0.623. The van der Waals surface area contributed by atoms with Gasteiger partial charge in [0.15, 0.2) is 0 Å². The van der Waals surface area contributed by atoms with Gasteiger partial charge >= 0.3 is 0 Å². The molecule has 2 N–H and O–H groups in total. The molecule has 0 saturated heterocycles. The second-order valence-corrected chi connectivity index (χ2v) is 3.27. The Morgan fingerprint density at radius 1 is 1.58 bits per heavy atom. The Morgan fingerprint density at radius 3 is 3.00 bits per heavy atom. The zero-order chi connectivity index (χ0) is 8.81. The molecule has 0 radical (unpaired) electrons. The van der Waals surface area contributed by atoms with E-state index in [4.69, 9.17) is 0 Å². The predicted molar refractivity (Wildman–Crippen MR) is 52.0 cm³/mol. The van der Waals surface area contributed by atoms with Gasteiger partial charge in [-0.05, 0) is 25.5 Å². The van der Waals surface area contributed by atoms with Gasteiger partial charge in [0.05, 0.1) is 0 Å². The van der Waals surface area contributed by atoms with Crippen molar-refractivity contribution in [2.45, 2.75) is 39.3 Å². The van der Waals surface area contributed by atoms with E-state index in [0.29, 0.717) is 6.04 Å². The zero-order valence-corrected chi connectivity index (χ0v) is 7.93. The summed E-state index contributed by atoms with van der Waals surface area (Å²) in [7, 11) is 0. The minimum absolute atomic E-state index is 0.623. The molecule has 0 bridgehead atoms. The van der Waals surface area contributed by atoms with Crippen LogP contribution in [-0.4, -0.2) is 11.0 Å². The number of nitrogens with one attached hydrogen (secondary N) is 2. The predicted octanol–water partition coefficient (Wildman–Crippen LogP) is 2.29. The highest BCUT2D eigenvalue weighted by Gasteiger charge is 1.98. The molecular weight excluding hydrogens is 148 g/mol. The molecule has 0 aliphatic heterocycles.